The summed E-state index contributed by atoms with van der Waals surface area (Å²) in [5, 5.41) is 4.88. The van der Waals surface area contributed by atoms with Gasteiger partial charge < -0.3 is 9.47 Å². The van der Waals surface area contributed by atoms with E-state index in [1.54, 1.807) is 0 Å². The quantitative estimate of drug-likeness (QED) is 0.144. The third-order valence-corrected chi connectivity index (χ3v) is 10.7. The monoisotopic (exact) mass is 636 g/mol. The van der Waals surface area contributed by atoms with Gasteiger partial charge in [-0.3, -0.25) is 0 Å². The molecule has 2 heteroatoms. The van der Waals surface area contributed by atoms with E-state index in [0.29, 0.717) is 0 Å². The minimum Gasteiger partial charge on any atom is -0.495 e. The summed E-state index contributed by atoms with van der Waals surface area (Å²) in [5.74, 6) is 0.992. The summed E-state index contributed by atoms with van der Waals surface area (Å²) in [6.07, 6.45) is 8.25. The average molecular weight is 637 g/mol. The Morgan fingerprint density at radius 3 is 1.71 bits per heavy atom. The number of benzene rings is 5. The number of methoxy groups -OCH3 is 2. The van der Waals surface area contributed by atoms with Crippen molar-refractivity contribution in [2.24, 2.45) is 0 Å². The molecule has 0 heterocycles. The molecular weight excluding hydrogens is 585 g/mol. The predicted molar refractivity (Wildman–Crippen MR) is 205 cm³/mol. The number of fused-ring (bicyclic) bond motifs is 2. The van der Waals surface area contributed by atoms with Crippen molar-refractivity contribution >= 4 is 22.4 Å². The lowest BCUT2D eigenvalue weighted by Crippen LogP contribution is -2.40. The molecule has 5 aromatic carbocycles. The maximum absolute atomic E-state index is 6.73. The van der Waals surface area contributed by atoms with Crippen LogP contribution in [0, 0.1) is 0 Å². The van der Waals surface area contributed by atoms with Crippen molar-refractivity contribution in [2.75, 3.05) is 14.2 Å². The number of aryl methyl sites for hydroxylation is 6. The van der Waals surface area contributed by atoms with Gasteiger partial charge in [0.2, 0.25) is 0 Å². The van der Waals surface area contributed by atoms with E-state index in [0.717, 1.165) is 49.8 Å². The Morgan fingerprint density at radius 1 is 0.583 bits per heavy atom. The highest BCUT2D eigenvalue weighted by Crippen LogP contribution is 2.47. The first-order valence-electron chi connectivity index (χ1n) is 18.2. The van der Waals surface area contributed by atoms with Crippen molar-refractivity contribution in [3.05, 3.63) is 134 Å². The highest BCUT2D eigenvalue weighted by Gasteiger charge is 2.35. The summed E-state index contributed by atoms with van der Waals surface area (Å²) >= 11 is 0. The van der Waals surface area contributed by atoms with Crippen molar-refractivity contribution in [1.29, 1.82) is 0 Å². The summed E-state index contributed by atoms with van der Waals surface area (Å²) in [7, 11) is 3.74. The zero-order valence-electron chi connectivity index (χ0n) is 30.3. The van der Waals surface area contributed by atoms with Crippen LogP contribution in [0.25, 0.3) is 33.5 Å². The van der Waals surface area contributed by atoms with Gasteiger partial charge in [-0.2, -0.15) is 0 Å². The van der Waals surface area contributed by atoms with E-state index < -0.39 is 0 Å². The SMILES string of the molecule is CCc1cc(CC)c(-c2cc3ccccc3c(C3=c4ccccc4=CC(c4c(CC)cc(CC)cc4CC)C3OC)c2OC)c(CC)c1. The standard InChI is InChI=1S/C46H52O2/c1-9-29-23-31(11-3)41(32(12-4)24-29)39-27-35-19-15-17-21-37(35)43(45(39)47-7)44-38-22-18-16-20-36(38)28-40(46(44)48-8)42-33(13-5)25-30(10-2)26-34(42)14-6/h15-28,39,45H,9-14H2,1-8H3. The lowest BCUT2D eigenvalue weighted by atomic mass is 9.75. The number of hydrogen-bond acceptors (Lipinski definition) is 2. The molecule has 2 nitrogen and oxygen atoms in total. The van der Waals surface area contributed by atoms with Crippen molar-refractivity contribution in [1.82, 2.24) is 0 Å². The third-order valence-electron chi connectivity index (χ3n) is 10.7. The maximum atomic E-state index is 6.73. The highest BCUT2D eigenvalue weighted by atomic mass is 16.5. The Kier molecular flexibility index (Phi) is 10.2. The summed E-state index contributed by atoms with van der Waals surface area (Å²) in [6, 6.07) is 29.8. The van der Waals surface area contributed by atoms with Crippen LogP contribution in [0.4, 0.5) is 0 Å². The molecule has 0 N–H and O–H groups in total. The van der Waals surface area contributed by atoms with Gasteiger partial charge in [0.05, 0.1) is 13.2 Å². The second-order valence-electron chi connectivity index (χ2n) is 13.1. The molecular formula is C46H52O2. The first-order valence-corrected chi connectivity index (χ1v) is 18.2. The molecule has 248 valence electrons. The Hall–Kier alpha value is -4.14. The largest absolute Gasteiger partial charge is 0.495 e. The van der Waals surface area contributed by atoms with Gasteiger partial charge in [0.15, 0.2) is 0 Å². The van der Waals surface area contributed by atoms with Crippen molar-refractivity contribution in [3.8, 4) is 16.9 Å². The molecule has 0 amide bonds. The Morgan fingerprint density at radius 2 is 1.15 bits per heavy atom. The fourth-order valence-corrected chi connectivity index (χ4v) is 8.29. The molecule has 1 aliphatic rings. The van der Waals surface area contributed by atoms with Crippen LogP contribution in [-0.2, 0) is 43.3 Å². The fourth-order valence-electron chi connectivity index (χ4n) is 8.29. The van der Waals surface area contributed by atoms with E-state index in [4.69, 9.17) is 9.47 Å². The molecule has 5 aromatic rings. The van der Waals surface area contributed by atoms with Crippen LogP contribution in [0.15, 0.2) is 78.9 Å². The molecule has 0 saturated heterocycles. The number of hydrogen-bond donors (Lipinski definition) is 0. The van der Waals surface area contributed by atoms with Crippen molar-refractivity contribution in [3.63, 3.8) is 0 Å². The molecule has 6 rings (SSSR count). The molecule has 2 atom stereocenters. The lowest BCUT2D eigenvalue weighted by Gasteiger charge is -2.34. The van der Waals surface area contributed by atoms with E-state index in [2.05, 4.69) is 126 Å². The summed E-state index contributed by atoms with van der Waals surface area (Å²) in [5.41, 5.74) is 14.7. The zero-order chi connectivity index (χ0) is 33.9. The van der Waals surface area contributed by atoms with Gasteiger partial charge in [-0.25, -0.2) is 0 Å². The molecule has 0 radical (unpaired) electrons. The third kappa shape index (κ3) is 5.79. The van der Waals surface area contributed by atoms with Gasteiger partial charge in [0, 0.05) is 29.7 Å². The van der Waals surface area contributed by atoms with Crippen LogP contribution in [0.5, 0.6) is 5.75 Å². The molecule has 1 aliphatic carbocycles. The molecule has 0 aromatic heterocycles. The average Bonchev–Trinajstić information content (AvgIpc) is 3.14. The van der Waals surface area contributed by atoms with Gasteiger partial charge in [-0.1, -0.05) is 120 Å². The Balaban J connectivity index is 1.75. The minimum atomic E-state index is -0.200. The van der Waals surface area contributed by atoms with E-state index in [9.17, 15) is 0 Å². The summed E-state index contributed by atoms with van der Waals surface area (Å²) in [4.78, 5) is 0. The van der Waals surface area contributed by atoms with Gasteiger partial charge in [-0.15, -0.1) is 0 Å². The van der Waals surface area contributed by atoms with Crippen LogP contribution in [0.1, 0.15) is 92.0 Å². The first-order chi connectivity index (χ1) is 23.5. The van der Waals surface area contributed by atoms with Gasteiger partial charge in [-0.05, 0) is 110 Å². The van der Waals surface area contributed by atoms with Crippen LogP contribution in [0.3, 0.4) is 0 Å². The molecule has 2 unspecified atom stereocenters. The molecule has 48 heavy (non-hydrogen) atoms. The van der Waals surface area contributed by atoms with Gasteiger partial charge in [0.25, 0.3) is 0 Å². The van der Waals surface area contributed by atoms with Crippen LogP contribution in [0.2, 0.25) is 0 Å². The summed E-state index contributed by atoms with van der Waals surface area (Å²) in [6.45, 7) is 13.7. The molecule has 0 saturated carbocycles. The summed E-state index contributed by atoms with van der Waals surface area (Å²) < 4.78 is 13.4. The van der Waals surface area contributed by atoms with Crippen molar-refractivity contribution in [2.45, 2.75) is 92.1 Å². The van der Waals surface area contributed by atoms with E-state index in [1.165, 1.54) is 76.9 Å². The molecule has 0 spiro atoms. The molecule has 0 bridgehead atoms. The van der Waals surface area contributed by atoms with E-state index >= 15 is 0 Å². The Bertz CT molecular complexity index is 2030. The van der Waals surface area contributed by atoms with Crippen molar-refractivity contribution < 1.29 is 9.47 Å². The van der Waals surface area contributed by atoms with Gasteiger partial charge >= 0.3 is 0 Å². The normalized spacial score (nSPS) is 15.8. The van der Waals surface area contributed by atoms with E-state index in [-0.39, 0.29) is 12.0 Å². The Labute approximate surface area is 288 Å². The van der Waals surface area contributed by atoms with Gasteiger partial charge in [0.1, 0.15) is 5.75 Å². The molecule has 0 aliphatic heterocycles. The second-order valence-corrected chi connectivity index (χ2v) is 13.1. The van der Waals surface area contributed by atoms with Crippen LogP contribution >= 0.6 is 0 Å². The number of ether oxygens (including phenoxy) is 2. The smallest absolute Gasteiger partial charge is 0.134 e. The first kappa shape index (κ1) is 33.7. The van der Waals surface area contributed by atoms with Crippen LogP contribution < -0.4 is 15.2 Å². The predicted octanol–water partition coefficient (Wildman–Crippen LogP) is 9.68. The zero-order valence-corrected chi connectivity index (χ0v) is 30.3. The van der Waals surface area contributed by atoms with Crippen LogP contribution in [-0.4, -0.2) is 20.3 Å². The fraction of sp³-hybridized carbons (Fsp3) is 0.348. The van der Waals surface area contributed by atoms with E-state index in [1.807, 2.05) is 14.2 Å². The number of rotatable bonds is 11. The second kappa shape index (κ2) is 14.5. The lowest BCUT2D eigenvalue weighted by molar-refractivity contribution is 0.138. The minimum absolute atomic E-state index is 0.0593. The highest BCUT2D eigenvalue weighted by molar-refractivity contribution is 6.03. The molecule has 0 fully saturated rings. The topological polar surface area (TPSA) is 18.5 Å². The maximum Gasteiger partial charge on any atom is 0.134 e.